The number of fused-ring (bicyclic) bond motifs is 1. The molecule has 2 aliphatic rings. The van der Waals surface area contributed by atoms with Crippen LogP contribution in [0.3, 0.4) is 0 Å². The predicted molar refractivity (Wildman–Crippen MR) is 126 cm³/mol. The number of anilines is 1. The number of aryl methyl sites for hydroxylation is 1. The van der Waals surface area contributed by atoms with Crippen LogP contribution in [0.5, 0.6) is 0 Å². The maximum absolute atomic E-state index is 13.1. The average molecular weight is 495 g/mol. The van der Waals surface area contributed by atoms with Gasteiger partial charge < -0.3 is 10.1 Å². The summed E-state index contributed by atoms with van der Waals surface area (Å²) in [5, 5.41) is 3.49. The molecule has 32 heavy (non-hydrogen) atoms. The van der Waals surface area contributed by atoms with Crippen molar-refractivity contribution in [3.05, 3.63) is 40.3 Å². The second-order valence-corrected chi connectivity index (χ2v) is 11.7. The first-order valence-corrected chi connectivity index (χ1v) is 14.0. The molecule has 1 aliphatic heterocycles. The van der Waals surface area contributed by atoms with Crippen molar-refractivity contribution in [1.82, 2.24) is 4.31 Å². The Labute approximate surface area is 196 Å². The van der Waals surface area contributed by atoms with Gasteiger partial charge in [-0.05, 0) is 56.1 Å². The molecule has 4 rings (SSSR count). The first kappa shape index (κ1) is 23.3. The van der Waals surface area contributed by atoms with Crippen LogP contribution >= 0.6 is 23.1 Å². The summed E-state index contributed by atoms with van der Waals surface area (Å²) in [5.41, 5.74) is 1.47. The van der Waals surface area contributed by atoms with E-state index in [0.29, 0.717) is 33.2 Å². The third kappa shape index (κ3) is 4.33. The van der Waals surface area contributed by atoms with Crippen molar-refractivity contribution in [3.63, 3.8) is 0 Å². The minimum absolute atomic E-state index is 0.170. The summed E-state index contributed by atoms with van der Waals surface area (Å²) in [7, 11) is -2.27. The largest absolute Gasteiger partial charge is 0.465 e. The van der Waals surface area contributed by atoms with Gasteiger partial charge in [0.15, 0.2) is 0 Å². The lowest BCUT2D eigenvalue weighted by Gasteiger charge is -2.31. The van der Waals surface area contributed by atoms with Crippen molar-refractivity contribution in [2.75, 3.05) is 31.8 Å². The highest BCUT2D eigenvalue weighted by molar-refractivity contribution is 7.99. The van der Waals surface area contributed by atoms with Gasteiger partial charge in [0.2, 0.25) is 15.9 Å². The lowest BCUT2D eigenvalue weighted by atomic mass is 9.97. The van der Waals surface area contributed by atoms with Crippen LogP contribution in [0, 0.1) is 5.92 Å². The number of piperidine rings is 1. The van der Waals surface area contributed by atoms with Crippen molar-refractivity contribution in [2.45, 2.75) is 41.9 Å². The zero-order valence-corrected chi connectivity index (χ0v) is 20.5. The third-order valence-electron chi connectivity index (χ3n) is 6.06. The molecule has 2 aromatic rings. The highest BCUT2D eigenvalue weighted by Crippen LogP contribution is 2.40. The van der Waals surface area contributed by atoms with Crippen LogP contribution < -0.4 is 5.32 Å². The summed E-state index contributed by atoms with van der Waals surface area (Å²) in [6.07, 6.45) is 5.46. The number of esters is 1. The monoisotopic (exact) mass is 494 g/mol. The fourth-order valence-electron chi connectivity index (χ4n) is 4.35. The Hall–Kier alpha value is -1.88. The standard InChI is InChI=1S/C22H26N2O5S3/c1-29-22(26)19-15-6-5-8-16(15)31-21(19)23-20(25)14-10-12-24(13-11-14)32(27,28)18-9-4-3-7-17(18)30-2/h3-4,7,9,14H,5-6,8,10-13H2,1-2H3,(H,23,25). The van der Waals surface area contributed by atoms with Crippen molar-refractivity contribution in [2.24, 2.45) is 5.92 Å². The van der Waals surface area contributed by atoms with E-state index in [9.17, 15) is 18.0 Å². The molecule has 0 radical (unpaired) electrons. The normalized spacial score (nSPS) is 17.2. The first-order chi connectivity index (χ1) is 15.4. The molecule has 10 heteroatoms. The maximum atomic E-state index is 13.1. The van der Waals surface area contributed by atoms with E-state index in [1.807, 2.05) is 12.3 Å². The Kier molecular flexibility index (Phi) is 6.94. The Morgan fingerprint density at radius 2 is 1.91 bits per heavy atom. The SMILES string of the molecule is COC(=O)c1c(NC(=O)C2CCN(S(=O)(=O)c3ccccc3SC)CC2)sc2c1CCC2. The van der Waals surface area contributed by atoms with Crippen LogP contribution in [0.25, 0.3) is 0 Å². The number of hydrogen-bond acceptors (Lipinski definition) is 7. The molecule has 1 aromatic carbocycles. The van der Waals surface area contributed by atoms with Crippen LogP contribution in [0.2, 0.25) is 0 Å². The fourth-order valence-corrected chi connectivity index (χ4v) is 8.23. The number of ether oxygens (including phenoxy) is 1. The van der Waals surface area contributed by atoms with Crippen molar-refractivity contribution in [3.8, 4) is 0 Å². The Bertz CT molecular complexity index is 1130. The Morgan fingerprint density at radius 3 is 2.59 bits per heavy atom. The number of methoxy groups -OCH3 is 1. The lowest BCUT2D eigenvalue weighted by molar-refractivity contribution is -0.120. The van der Waals surface area contributed by atoms with Gasteiger partial charge in [-0.1, -0.05) is 12.1 Å². The van der Waals surface area contributed by atoms with Crippen LogP contribution in [0.15, 0.2) is 34.1 Å². The van der Waals surface area contributed by atoms with Gasteiger partial charge in [0.05, 0.1) is 17.6 Å². The molecule has 2 heterocycles. The van der Waals surface area contributed by atoms with Crippen LogP contribution in [-0.2, 0) is 32.4 Å². The minimum Gasteiger partial charge on any atom is -0.465 e. The van der Waals surface area contributed by atoms with E-state index < -0.39 is 16.0 Å². The second kappa shape index (κ2) is 9.54. The number of thioether (sulfide) groups is 1. The minimum atomic E-state index is -3.61. The summed E-state index contributed by atoms with van der Waals surface area (Å²) in [4.78, 5) is 27.4. The molecule has 0 saturated carbocycles. The molecule has 172 valence electrons. The van der Waals surface area contributed by atoms with Crippen LogP contribution in [-0.4, -0.2) is 51.1 Å². The summed E-state index contributed by atoms with van der Waals surface area (Å²) in [6.45, 7) is 0.571. The highest BCUT2D eigenvalue weighted by atomic mass is 32.2. The predicted octanol–water partition coefficient (Wildman–Crippen LogP) is 3.78. The number of thiophene rings is 1. The number of nitrogens with one attached hydrogen (secondary N) is 1. The number of sulfonamides is 1. The van der Waals surface area contributed by atoms with Crippen LogP contribution in [0.4, 0.5) is 5.00 Å². The van der Waals surface area contributed by atoms with Gasteiger partial charge in [-0.3, -0.25) is 4.79 Å². The topological polar surface area (TPSA) is 92.8 Å². The lowest BCUT2D eigenvalue weighted by Crippen LogP contribution is -2.41. The van der Waals surface area contributed by atoms with Gasteiger partial charge in [0, 0.05) is 28.8 Å². The van der Waals surface area contributed by atoms with E-state index in [-0.39, 0.29) is 24.9 Å². The van der Waals surface area contributed by atoms with Crippen molar-refractivity contribution < 1.29 is 22.7 Å². The number of carbonyl (C=O) groups excluding carboxylic acids is 2. The van der Waals surface area contributed by atoms with E-state index in [1.165, 1.54) is 34.5 Å². The molecule has 1 saturated heterocycles. The molecule has 1 fully saturated rings. The van der Waals surface area contributed by atoms with E-state index >= 15 is 0 Å². The number of amides is 1. The number of nitrogens with zero attached hydrogens (tertiary/aromatic N) is 1. The van der Waals surface area contributed by atoms with E-state index in [0.717, 1.165) is 29.7 Å². The molecule has 0 spiro atoms. The maximum Gasteiger partial charge on any atom is 0.341 e. The highest BCUT2D eigenvalue weighted by Gasteiger charge is 2.34. The average Bonchev–Trinajstić information content (AvgIpc) is 3.39. The molecule has 0 bridgehead atoms. The molecule has 7 nitrogen and oxygen atoms in total. The van der Waals surface area contributed by atoms with E-state index in [2.05, 4.69) is 5.32 Å². The zero-order valence-electron chi connectivity index (χ0n) is 18.0. The molecular weight excluding hydrogens is 468 g/mol. The molecule has 1 N–H and O–H groups in total. The fraction of sp³-hybridized carbons (Fsp3) is 0.455. The van der Waals surface area contributed by atoms with Crippen LogP contribution in [0.1, 0.15) is 40.1 Å². The van der Waals surface area contributed by atoms with Gasteiger partial charge in [0.25, 0.3) is 0 Å². The van der Waals surface area contributed by atoms with Gasteiger partial charge in [-0.2, -0.15) is 4.31 Å². The summed E-state index contributed by atoms with van der Waals surface area (Å²) in [6, 6.07) is 6.98. The van der Waals surface area contributed by atoms with Gasteiger partial charge in [0.1, 0.15) is 5.00 Å². The molecule has 1 amide bonds. The smallest absolute Gasteiger partial charge is 0.341 e. The molecule has 1 aliphatic carbocycles. The van der Waals surface area contributed by atoms with E-state index in [1.54, 1.807) is 18.2 Å². The van der Waals surface area contributed by atoms with Gasteiger partial charge in [-0.25, -0.2) is 13.2 Å². The number of benzene rings is 1. The van der Waals surface area contributed by atoms with Gasteiger partial charge >= 0.3 is 5.97 Å². The Balaban J connectivity index is 1.44. The number of rotatable bonds is 6. The third-order valence-corrected chi connectivity index (χ3v) is 10.1. The van der Waals surface area contributed by atoms with Crippen molar-refractivity contribution in [1.29, 1.82) is 0 Å². The summed E-state index contributed by atoms with van der Waals surface area (Å²) in [5.74, 6) is -0.899. The van der Waals surface area contributed by atoms with E-state index in [4.69, 9.17) is 4.74 Å². The van der Waals surface area contributed by atoms with Crippen molar-refractivity contribution >= 4 is 50.0 Å². The molecule has 0 atom stereocenters. The number of hydrogen-bond donors (Lipinski definition) is 1. The first-order valence-electron chi connectivity index (χ1n) is 10.5. The summed E-state index contributed by atoms with van der Waals surface area (Å²) < 4.78 is 32.7. The zero-order chi connectivity index (χ0) is 22.9. The van der Waals surface area contributed by atoms with Gasteiger partial charge in [-0.15, -0.1) is 23.1 Å². The number of carbonyl (C=O) groups is 2. The molecule has 0 unspecified atom stereocenters. The summed E-state index contributed by atoms with van der Waals surface area (Å²) >= 11 is 2.85. The molecular formula is C22H26N2O5S3. The Morgan fingerprint density at radius 1 is 1.19 bits per heavy atom. The second-order valence-electron chi connectivity index (χ2n) is 7.87. The molecule has 1 aromatic heterocycles. The quantitative estimate of drug-likeness (QED) is 0.485.